The SMILES string of the molecule is CCCCCCCCN(CCCCCCCC)CCCCCCCC.CCCC[N+](CCCC)(CCCC)CCCC.COCCN(CCOC)CCOCCOCCOc1c(CO)cccc1CO.[OH-].c1ccc(-c2nc(-c3ccccc3)c(-c3ccccc3)[nH]2)cc1. The van der Waals surface area contributed by atoms with Crippen molar-refractivity contribution in [2.45, 2.75) is 229 Å². The molecule has 0 bridgehead atoms. The second kappa shape index (κ2) is 62.0. The Labute approximate surface area is 575 Å². The van der Waals surface area contributed by atoms with E-state index in [1.165, 1.54) is 217 Å². The van der Waals surface area contributed by atoms with Gasteiger partial charge in [-0.05, 0) is 64.6 Å². The van der Waals surface area contributed by atoms with Crippen molar-refractivity contribution in [3.63, 3.8) is 0 Å². The van der Waals surface area contributed by atoms with E-state index < -0.39 is 0 Å². The Bertz CT molecular complexity index is 2220. The van der Waals surface area contributed by atoms with Gasteiger partial charge in [-0.3, -0.25) is 4.90 Å². The van der Waals surface area contributed by atoms with Crippen molar-refractivity contribution in [3.8, 4) is 39.7 Å². The smallest absolute Gasteiger partial charge is 0.138 e. The highest BCUT2D eigenvalue weighted by Gasteiger charge is 2.25. The van der Waals surface area contributed by atoms with Crippen molar-refractivity contribution in [1.82, 2.24) is 19.8 Å². The van der Waals surface area contributed by atoms with E-state index in [1.54, 1.807) is 32.4 Å². The van der Waals surface area contributed by atoms with Gasteiger partial charge in [0.05, 0.1) is 90.4 Å². The summed E-state index contributed by atoms with van der Waals surface area (Å²) in [5.41, 5.74) is 6.69. The Kier molecular flexibility index (Phi) is 57.7. The Hall–Kier alpha value is -4.51. The molecule has 0 atom stereocenters. The molecule has 0 unspecified atom stereocenters. The summed E-state index contributed by atoms with van der Waals surface area (Å²) in [4.78, 5) is 13.4. The number of aliphatic hydroxyl groups excluding tert-OH is 2. The highest BCUT2D eigenvalue weighted by molar-refractivity contribution is 5.81. The van der Waals surface area contributed by atoms with Crippen molar-refractivity contribution >= 4 is 0 Å². The molecule has 0 saturated heterocycles. The van der Waals surface area contributed by atoms with Crippen molar-refractivity contribution < 1.29 is 43.9 Å². The fourth-order valence-electron chi connectivity index (χ4n) is 11.6. The van der Waals surface area contributed by atoms with Crippen molar-refractivity contribution in [2.24, 2.45) is 0 Å². The van der Waals surface area contributed by atoms with Gasteiger partial charge in [0.25, 0.3) is 0 Å². The number of aliphatic hydroxyl groups is 2. The summed E-state index contributed by atoms with van der Waals surface area (Å²) in [5.74, 6) is 1.42. The van der Waals surface area contributed by atoms with Crippen LogP contribution < -0.4 is 4.74 Å². The van der Waals surface area contributed by atoms with Crippen molar-refractivity contribution in [1.29, 1.82) is 0 Å². The van der Waals surface area contributed by atoms with Gasteiger partial charge in [0, 0.05) is 61.7 Å². The molecule has 5 aromatic rings. The molecule has 4 aromatic carbocycles. The number of rotatable bonds is 54. The third-order valence-electron chi connectivity index (χ3n) is 17.4. The minimum absolute atomic E-state index is 0. The molecule has 1 heterocycles. The third kappa shape index (κ3) is 41.6. The Morgan fingerprint density at radius 3 is 1.13 bits per heavy atom. The number of quaternary nitrogens is 1. The van der Waals surface area contributed by atoms with Crippen LogP contribution >= 0.6 is 0 Å². The maximum absolute atomic E-state index is 9.37. The van der Waals surface area contributed by atoms with Crippen LogP contribution in [0.25, 0.3) is 33.9 Å². The minimum atomic E-state index is -0.135. The first-order valence-corrected chi connectivity index (χ1v) is 37.4. The molecule has 0 spiro atoms. The Morgan fingerprint density at radius 2 is 0.723 bits per heavy atom. The lowest BCUT2D eigenvalue weighted by Gasteiger charge is -2.39. The Balaban J connectivity index is 0.000000633. The van der Waals surface area contributed by atoms with E-state index >= 15 is 0 Å². The molecular formula is C81H139N5O8. The molecule has 0 aliphatic heterocycles. The number of benzene rings is 4. The van der Waals surface area contributed by atoms with Crippen LogP contribution in [0.2, 0.25) is 0 Å². The van der Waals surface area contributed by atoms with Crippen molar-refractivity contribution in [3.05, 3.63) is 120 Å². The monoisotopic (exact) mass is 1310 g/mol. The molecule has 1 aromatic heterocycles. The molecule has 0 saturated carbocycles. The van der Waals surface area contributed by atoms with E-state index in [1.807, 2.05) is 54.6 Å². The fraction of sp³-hybridized carbons (Fsp3) is 0.667. The summed E-state index contributed by atoms with van der Waals surface area (Å²) in [7, 11) is 3.39. The van der Waals surface area contributed by atoms with Gasteiger partial charge in [-0.25, -0.2) is 4.98 Å². The average Bonchev–Trinajstić information content (AvgIpc) is 1.66. The zero-order valence-electron chi connectivity index (χ0n) is 61.4. The standard InChI is InChI=1S/C24H51N.C21H16N2.C20H35NO7.C16H36N.H2O/c1-4-7-10-13-16-19-22-25(23-20-17-14-11-8-5-2)24-21-18-15-12-9-6-3;1-4-10-16(11-5-1)19-20(17-12-6-2-7-13-17)23-21(22-19)18-14-8-3-9-15-18;1-24-9-6-21(7-10-25-2)8-11-26-12-13-27-14-15-28-20-18(16-22)4-3-5-19(20)17-23;1-5-9-13-17(14-10-6-2,15-11-7-3)16-12-8-4;/h4-24H2,1-3H3;1-15H,(H,22,23);3-5,22-23H,6-17H2,1-2H3;5-16H2,1-4H3;1H2/q;;;+1;/p-1. The number of hydrogen-bond donors (Lipinski definition) is 3. The number of nitrogens with one attached hydrogen (secondary N) is 1. The minimum Gasteiger partial charge on any atom is -0.870 e. The predicted molar refractivity (Wildman–Crippen MR) is 398 cm³/mol. The number of H-pyrrole nitrogens is 1. The molecule has 13 heteroatoms. The van der Waals surface area contributed by atoms with Crippen molar-refractivity contribution in [2.75, 3.05) is 126 Å². The van der Waals surface area contributed by atoms with Gasteiger partial charge in [-0.1, -0.05) is 280 Å². The molecule has 0 aliphatic carbocycles. The highest BCUT2D eigenvalue weighted by atomic mass is 16.5. The molecule has 536 valence electrons. The van der Waals surface area contributed by atoms with Gasteiger partial charge >= 0.3 is 0 Å². The lowest BCUT2D eigenvalue weighted by molar-refractivity contribution is -0.929. The largest absolute Gasteiger partial charge is 0.870 e. The summed E-state index contributed by atoms with van der Waals surface area (Å²) in [6, 6.07) is 36.2. The van der Waals surface area contributed by atoms with Crippen LogP contribution in [-0.2, 0) is 32.2 Å². The second-order valence-electron chi connectivity index (χ2n) is 25.3. The van der Waals surface area contributed by atoms with Gasteiger partial charge in [0.2, 0.25) is 0 Å². The maximum atomic E-state index is 9.37. The van der Waals surface area contributed by atoms with E-state index in [-0.39, 0.29) is 18.7 Å². The first kappa shape index (κ1) is 87.5. The first-order valence-electron chi connectivity index (χ1n) is 37.4. The molecule has 0 fully saturated rings. The number of imidazole rings is 1. The van der Waals surface area contributed by atoms with E-state index in [4.69, 9.17) is 28.7 Å². The lowest BCUT2D eigenvalue weighted by Crippen LogP contribution is -2.50. The predicted octanol–water partition coefficient (Wildman–Crippen LogP) is 19.3. The number of nitrogens with zero attached hydrogens (tertiary/aromatic N) is 4. The van der Waals surface area contributed by atoms with E-state index in [0.717, 1.165) is 53.5 Å². The summed E-state index contributed by atoms with van der Waals surface area (Å²) in [6.45, 7) is 32.0. The fourth-order valence-corrected chi connectivity index (χ4v) is 11.6. The zero-order valence-corrected chi connectivity index (χ0v) is 61.4. The van der Waals surface area contributed by atoms with Crippen LogP contribution in [0.5, 0.6) is 5.75 Å². The number of para-hydroxylation sites is 1. The van der Waals surface area contributed by atoms with E-state index in [9.17, 15) is 10.2 Å². The van der Waals surface area contributed by atoms with Crippen LogP contribution in [0.1, 0.15) is 227 Å². The van der Waals surface area contributed by atoms with Crippen LogP contribution in [0.3, 0.4) is 0 Å². The number of aromatic amines is 1. The second-order valence-corrected chi connectivity index (χ2v) is 25.3. The van der Waals surface area contributed by atoms with E-state index in [0.29, 0.717) is 63.1 Å². The molecule has 0 radical (unpaired) electrons. The first-order chi connectivity index (χ1) is 45.8. The van der Waals surface area contributed by atoms with Crippen LogP contribution in [-0.4, -0.2) is 166 Å². The summed E-state index contributed by atoms with van der Waals surface area (Å²) >= 11 is 0. The number of unbranched alkanes of at least 4 members (excludes halogenated alkanes) is 19. The van der Waals surface area contributed by atoms with Gasteiger partial charge in [-0.15, -0.1) is 0 Å². The highest BCUT2D eigenvalue weighted by Crippen LogP contribution is 2.33. The maximum Gasteiger partial charge on any atom is 0.138 e. The van der Waals surface area contributed by atoms with Crippen LogP contribution in [0, 0.1) is 0 Å². The third-order valence-corrected chi connectivity index (χ3v) is 17.4. The van der Waals surface area contributed by atoms with Gasteiger partial charge in [0.1, 0.15) is 18.2 Å². The Morgan fingerprint density at radius 1 is 0.372 bits per heavy atom. The van der Waals surface area contributed by atoms with Crippen LogP contribution in [0.4, 0.5) is 0 Å². The quantitative estimate of drug-likeness (QED) is 0.0252. The molecule has 4 N–H and O–H groups in total. The summed E-state index contributed by atoms with van der Waals surface area (Å²) < 4.78 is 28.4. The molecule has 5 rings (SSSR count). The summed E-state index contributed by atoms with van der Waals surface area (Å²) in [5, 5.41) is 18.7. The summed E-state index contributed by atoms with van der Waals surface area (Å²) in [6.07, 6.45) is 36.8. The molecular weight excluding hydrogens is 1170 g/mol. The van der Waals surface area contributed by atoms with Gasteiger partial charge in [-0.2, -0.15) is 0 Å². The number of aromatic nitrogens is 2. The normalized spacial score (nSPS) is 11.2. The molecule has 0 amide bonds. The lowest BCUT2D eigenvalue weighted by atomic mass is 10.1. The van der Waals surface area contributed by atoms with Gasteiger partial charge < -0.3 is 53.7 Å². The molecule has 13 nitrogen and oxygen atoms in total. The molecule has 0 aliphatic rings. The number of ether oxygens (including phenoxy) is 5. The van der Waals surface area contributed by atoms with E-state index in [2.05, 4.69) is 99.6 Å². The zero-order chi connectivity index (χ0) is 67.3. The average molecular weight is 1310 g/mol. The topological polar surface area (TPSA) is 152 Å². The van der Waals surface area contributed by atoms with Crippen LogP contribution in [0.15, 0.2) is 109 Å². The number of methoxy groups -OCH3 is 2. The number of hydrogen-bond acceptors (Lipinski definition) is 11. The van der Waals surface area contributed by atoms with Gasteiger partial charge in [0.15, 0.2) is 0 Å². The molecule has 94 heavy (non-hydrogen) atoms.